The van der Waals surface area contributed by atoms with Crippen molar-refractivity contribution in [1.82, 2.24) is 4.31 Å². The Hall–Kier alpha value is -0.390. The average Bonchev–Trinajstić information content (AvgIpc) is 2.86. The molecule has 0 spiro atoms. The van der Waals surface area contributed by atoms with E-state index in [1.165, 1.54) is 4.31 Å². The maximum absolute atomic E-state index is 11.7. The molecule has 0 aromatic heterocycles. The normalized spacial score (nSPS) is 17.3. The zero-order valence-electron chi connectivity index (χ0n) is 6.77. The lowest BCUT2D eigenvalue weighted by Crippen LogP contribution is -2.12. The van der Waals surface area contributed by atoms with Crippen molar-refractivity contribution >= 4 is 26.0 Å². The molecule has 1 aromatic rings. The fraction of sp³-hybridized carbons (Fsp3) is 0.250. The van der Waals surface area contributed by atoms with Gasteiger partial charge in [-0.25, -0.2) is 8.42 Å². The van der Waals surface area contributed by atoms with E-state index >= 15 is 0 Å². The van der Waals surface area contributed by atoms with Crippen LogP contribution in [0.15, 0.2) is 33.6 Å². The molecule has 70 valence electrons. The van der Waals surface area contributed by atoms with Gasteiger partial charge in [-0.15, -0.1) is 0 Å². The van der Waals surface area contributed by atoms with Gasteiger partial charge in [-0.1, -0.05) is 12.1 Å². The third-order valence-electron chi connectivity index (χ3n) is 1.86. The number of sulfonamides is 1. The van der Waals surface area contributed by atoms with E-state index in [1.54, 1.807) is 24.3 Å². The lowest BCUT2D eigenvalue weighted by atomic mass is 10.4. The van der Waals surface area contributed by atoms with Crippen molar-refractivity contribution in [2.75, 3.05) is 13.1 Å². The van der Waals surface area contributed by atoms with Gasteiger partial charge in [-0.05, 0) is 28.1 Å². The van der Waals surface area contributed by atoms with Crippen LogP contribution in [0.3, 0.4) is 0 Å². The zero-order valence-corrected chi connectivity index (χ0v) is 9.18. The van der Waals surface area contributed by atoms with E-state index in [-0.39, 0.29) is 0 Å². The predicted octanol–water partition coefficient (Wildman–Crippen LogP) is 1.45. The molecule has 13 heavy (non-hydrogen) atoms. The highest BCUT2D eigenvalue weighted by Crippen LogP contribution is 2.27. The second-order valence-corrected chi connectivity index (χ2v) is 5.60. The molecule has 1 fully saturated rings. The van der Waals surface area contributed by atoms with E-state index in [0.29, 0.717) is 22.5 Å². The number of hydrogen-bond donors (Lipinski definition) is 0. The minimum Gasteiger partial charge on any atom is -0.207 e. The van der Waals surface area contributed by atoms with Gasteiger partial charge >= 0.3 is 0 Å². The van der Waals surface area contributed by atoms with Gasteiger partial charge in [0.25, 0.3) is 0 Å². The maximum Gasteiger partial charge on any atom is 0.244 e. The summed E-state index contributed by atoms with van der Waals surface area (Å²) in [5.74, 6) is 0. The first kappa shape index (κ1) is 9.18. The molecule has 0 bridgehead atoms. The summed E-state index contributed by atoms with van der Waals surface area (Å²) in [6.07, 6.45) is 0. The summed E-state index contributed by atoms with van der Waals surface area (Å²) >= 11 is 3.22. The van der Waals surface area contributed by atoms with Crippen LogP contribution in [-0.4, -0.2) is 25.8 Å². The van der Waals surface area contributed by atoms with Crippen LogP contribution in [0.1, 0.15) is 0 Å². The van der Waals surface area contributed by atoms with Crippen molar-refractivity contribution in [3.05, 3.63) is 28.7 Å². The topological polar surface area (TPSA) is 37.1 Å². The molecule has 1 aromatic carbocycles. The maximum atomic E-state index is 11.7. The molecule has 1 aliphatic heterocycles. The lowest BCUT2D eigenvalue weighted by molar-refractivity contribution is 0.562. The van der Waals surface area contributed by atoms with E-state index < -0.39 is 10.0 Å². The number of hydrogen-bond acceptors (Lipinski definition) is 2. The predicted molar refractivity (Wildman–Crippen MR) is 52.9 cm³/mol. The van der Waals surface area contributed by atoms with Gasteiger partial charge in [0.15, 0.2) is 0 Å². The molecule has 0 atom stereocenters. The monoisotopic (exact) mass is 261 g/mol. The first-order valence-electron chi connectivity index (χ1n) is 3.87. The zero-order chi connectivity index (χ0) is 9.47. The smallest absolute Gasteiger partial charge is 0.207 e. The van der Waals surface area contributed by atoms with Crippen LogP contribution >= 0.6 is 15.9 Å². The van der Waals surface area contributed by atoms with Crippen molar-refractivity contribution in [3.63, 3.8) is 0 Å². The highest BCUT2D eigenvalue weighted by molar-refractivity contribution is 9.10. The standard InChI is InChI=1S/C8H8BrNO2S/c9-7-3-1-2-4-8(7)13(11,12)10-5-6-10/h1-4H,5-6H2. The summed E-state index contributed by atoms with van der Waals surface area (Å²) < 4.78 is 25.5. The van der Waals surface area contributed by atoms with Crippen LogP contribution in [0.5, 0.6) is 0 Å². The Labute approximate surface area is 85.5 Å². The molecule has 1 heterocycles. The molecular weight excluding hydrogens is 254 g/mol. The van der Waals surface area contributed by atoms with Crippen LogP contribution in [0.4, 0.5) is 0 Å². The highest BCUT2D eigenvalue weighted by atomic mass is 79.9. The second kappa shape index (κ2) is 3.08. The van der Waals surface area contributed by atoms with Gasteiger partial charge in [-0.3, -0.25) is 0 Å². The van der Waals surface area contributed by atoms with Gasteiger partial charge in [0, 0.05) is 17.6 Å². The quantitative estimate of drug-likeness (QED) is 0.756. The highest BCUT2D eigenvalue weighted by Gasteiger charge is 2.34. The van der Waals surface area contributed by atoms with Gasteiger partial charge in [0.2, 0.25) is 10.0 Å². The molecule has 1 aliphatic rings. The first-order chi connectivity index (χ1) is 6.12. The average molecular weight is 262 g/mol. The molecule has 0 N–H and O–H groups in total. The molecule has 0 amide bonds. The lowest BCUT2D eigenvalue weighted by Gasteiger charge is -2.05. The summed E-state index contributed by atoms with van der Waals surface area (Å²) in [6, 6.07) is 6.86. The Morgan fingerprint density at radius 1 is 1.23 bits per heavy atom. The van der Waals surface area contributed by atoms with Crippen molar-refractivity contribution < 1.29 is 8.42 Å². The van der Waals surface area contributed by atoms with Gasteiger partial charge in [-0.2, -0.15) is 4.31 Å². The Kier molecular flexibility index (Phi) is 2.17. The Balaban J connectivity index is 2.51. The first-order valence-corrected chi connectivity index (χ1v) is 6.10. The third-order valence-corrected chi connectivity index (χ3v) is 4.77. The number of rotatable bonds is 2. The number of halogens is 1. The van der Waals surface area contributed by atoms with Gasteiger partial charge in [0.05, 0.1) is 4.90 Å². The van der Waals surface area contributed by atoms with Crippen LogP contribution < -0.4 is 0 Å². The number of benzene rings is 1. The molecule has 1 saturated heterocycles. The van der Waals surface area contributed by atoms with Crippen molar-refractivity contribution in [2.24, 2.45) is 0 Å². The molecular formula is C8H8BrNO2S. The molecule has 3 nitrogen and oxygen atoms in total. The Morgan fingerprint density at radius 2 is 1.85 bits per heavy atom. The van der Waals surface area contributed by atoms with Gasteiger partial charge < -0.3 is 0 Å². The van der Waals surface area contributed by atoms with Gasteiger partial charge in [0.1, 0.15) is 0 Å². The summed E-state index contributed by atoms with van der Waals surface area (Å²) in [5.41, 5.74) is 0. The Bertz CT molecular complexity index is 426. The summed E-state index contributed by atoms with van der Waals surface area (Å²) in [5, 5.41) is 0. The van der Waals surface area contributed by atoms with Crippen LogP contribution in [0, 0.1) is 0 Å². The molecule has 0 radical (unpaired) electrons. The summed E-state index contributed by atoms with van der Waals surface area (Å²) in [7, 11) is -3.21. The molecule has 5 heteroatoms. The SMILES string of the molecule is O=S(=O)(c1ccccc1Br)N1CC1. The Morgan fingerprint density at radius 3 is 2.38 bits per heavy atom. The van der Waals surface area contributed by atoms with E-state index in [0.717, 1.165) is 0 Å². The van der Waals surface area contributed by atoms with E-state index in [4.69, 9.17) is 0 Å². The third kappa shape index (κ3) is 1.63. The van der Waals surface area contributed by atoms with Crippen LogP contribution in [0.2, 0.25) is 0 Å². The van der Waals surface area contributed by atoms with Crippen molar-refractivity contribution in [3.8, 4) is 0 Å². The fourth-order valence-corrected chi connectivity index (χ4v) is 3.38. The van der Waals surface area contributed by atoms with E-state index in [9.17, 15) is 8.42 Å². The number of nitrogens with zero attached hydrogens (tertiary/aromatic N) is 1. The van der Waals surface area contributed by atoms with E-state index in [1.807, 2.05) is 0 Å². The van der Waals surface area contributed by atoms with E-state index in [2.05, 4.69) is 15.9 Å². The largest absolute Gasteiger partial charge is 0.244 e. The van der Waals surface area contributed by atoms with Crippen molar-refractivity contribution in [2.45, 2.75) is 4.90 Å². The molecule has 0 saturated carbocycles. The fourth-order valence-electron chi connectivity index (χ4n) is 1.07. The van der Waals surface area contributed by atoms with Crippen LogP contribution in [-0.2, 0) is 10.0 Å². The minimum absolute atomic E-state index is 0.354. The molecule has 0 aliphatic carbocycles. The molecule has 0 unspecified atom stereocenters. The second-order valence-electron chi connectivity index (χ2n) is 2.83. The van der Waals surface area contributed by atoms with Crippen molar-refractivity contribution in [1.29, 1.82) is 0 Å². The minimum atomic E-state index is -3.21. The summed E-state index contributed by atoms with van der Waals surface area (Å²) in [6.45, 7) is 1.29. The summed E-state index contributed by atoms with van der Waals surface area (Å²) in [4.78, 5) is 0.354. The molecule has 2 rings (SSSR count). The van der Waals surface area contributed by atoms with Crippen LogP contribution in [0.25, 0.3) is 0 Å².